The molecule has 2 atom stereocenters. The largest absolute Gasteiger partial charge is 0.372 e. The molecule has 3 heterocycles. The molecule has 10 heteroatoms. The van der Waals surface area contributed by atoms with Gasteiger partial charge >= 0.3 is 0 Å². The number of hydrogen-bond acceptors (Lipinski definition) is 6. The van der Waals surface area contributed by atoms with Gasteiger partial charge in [-0.2, -0.15) is 0 Å². The van der Waals surface area contributed by atoms with Gasteiger partial charge in [0.05, 0.1) is 32.0 Å². The number of ether oxygens (including phenoxy) is 2. The van der Waals surface area contributed by atoms with E-state index in [1.807, 2.05) is 4.90 Å². The van der Waals surface area contributed by atoms with Crippen LogP contribution < -0.4 is 4.90 Å². The maximum Gasteiger partial charge on any atom is 0.240 e. The number of likely N-dealkylation sites (tertiary alicyclic amines) is 1. The third-order valence-corrected chi connectivity index (χ3v) is 4.35. The Bertz CT molecular complexity index is 763. The maximum atomic E-state index is 13.5. The summed E-state index contributed by atoms with van der Waals surface area (Å²) in [6, 6.07) is 1.47. The van der Waals surface area contributed by atoms with Crippen LogP contribution in [0.25, 0.3) is 11.3 Å². The Morgan fingerprint density at radius 1 is 1.12 bits per heavy atom. The second-order valence-corrected chi connectivity index (χ2v) is 5.99. The quantitative estimate of drug-likeness (QED) is 0.603. The van der Waals surface area contributed by atoms with Gasteiger partial charge in [-0.3, -0.25) is 9.53 Å². The summed E-state index contributed by atoms with van der Waals surface area (Å²) in [7, 11) is 0. The summed E-state index contributed by atoms with van der Waals surface area (Å²) in [5.74, 6) is -4.38. The minimum atomic E-state index is -1.60. The molecule has 2 aromatic rings. The van der Waals surface area contributed by atoms with Crippen LogP contribution in [0.2, 0.25) is 0 Å². The maximum absolute atomic E-state index is 13.5. The van der Waals surface area contributed by atoms with Crippen LogP contribution in [-0.2, 0) is 16.0 Å². The highest BCUT2D eigenvalue weighted by Crippen LogP contribution is 2.27. The van der Waals surface area contributed by atoms with Gasteiger partial charge in [-0.25, -0.2) is 13.2 Å². The van der Waals surface area contributed by atoms with Gasteiger partial charge in [0.15, 0.2) is 17.5 Å². The molecule has 134 valence electrons. The van der Waals surface area contributed by atoms with Crippen LogP contribution in [0.5, 0.6) is 0 Å². The van der Waals surface area contributed by atoms with E-state index in [0.29, 0.717) is 26.3 Å². The fraction of sp³-hybridized carbons (Fsp3) is 0.467. The molecule has 2 aliphatic heterocycles. The van der Waals surface area contributed by atoms with E-state index in [1.165, 1.54) is 0 Å². The highest BCUT2D eigenvalue weighted by atomic mass is 19.2. The fourth-order valence-electron chi connectivity index (χ4n) is 3.22. The zero-order valence-corrected chi connectivity index (χ0v) is 13.0. The average Bonchev–Trinajstić information content (AvgIpc) is 3.15. The van der Waals surface area contributed by atoms with E-state index in [2.05, 4.69) is 9.79 Å². The zero-order valence-electron chi connectivity index (χ0n) is 13.0. The lowest BCUT2D eigenvalue weighted by Gasteiger charge is -2.24. The van der Waals surface area contributed by atoms with Crippen molar-refractivity contribution in [2.75, 3.05) is 26.3 Å². The molecule has 1 aromatic heterocycles. The molecule has 0 N–H and O–H groups in total. The molecule has 2 aliphatic rings. The number of hydrogen-bond donors (Lipinski definition) is 0. The van der Waals surface area contributed by atoms with Crippen LogP contribution in [0.4, 0.5) is 13.2 Å². The third-order valence-electron chi connectivity index (χ3n) is 4.35. The van der Waals surface area contributed by atoms with Crippen molar-refractivity contribution in [2.45, 2.75) is 18.8 Å². The van der Waals surface area contributed by atoms with Crippen molar-refractivity contribution in [2.24, 2.45) is 0 Å². The summed E-state index contributed by atoms with van der Waals surface area (Å²) in [5.41, 5.74) is -0.111. The van der Waals surface area contributed by atoms with Gasteiger partial charge in [0.2, 0.25) is 11.4 Å². The molecular formula is C15H14F3N3O4. The lowest BCUT2D eigenvalue weighted by molar-refractivity contribution is -0.793. The van der Waals surface area contributed by atoms with Gasteiger partial charge < -0.3 is 14.7 Å². The van der Waals surface area contributed by atoms with Gasteiger partial charge in [-0.05, 0) is 17.0 Å². The van der Waals surface area contributed by atoms with E-state index in [0.717, 1.165) is 12.1 Å². The summed E-state index contributed by atoms with van der Waals surface area (Å²) in [5, 5.41) is 15.5. The van der Waals surface area contributed by atoms with Gasteiger partial charge in [0, 0.05) is 23.8 Å². The lowest BCUT2D eigenvalue weighted by Crippen LogP contribution is -2.36. The summed E-state index contributed by atoms with van der Waals surface area (Å²) >= 11 is 0. The summed E-state index contributed by atoms with van der Waals surface area (Å²) in [6.07, 6.45) is -0.131. The molecule has 0 radical (unpaired) electrons. The Hall–Kier alpha value is -2.17. The van der Waals surface area contributed by atoms with Crippen molar-refractivity contribution in [3.05, 3.63) is 40.5 Å². The number of aromatic nitrogens is 2. The number of fused-ring (bicyclic) bond motifs is 1. The minimum absolute atomic E-state index is 0.0531. The number of benzene rings is 1. The van der Waals surface area contributed by atoms with Gasteiger partial charge in [0.25, 0.3) is 0 Å². The molecule has 2 saturated heterocycles. The second kappa shape index (κ2) is 6.28. The Morgan fingerprint density at radius 3 is 2.32 bits per heavy atom. The fourth-order valence-corrected chi connectivity index (χ4v) is 3.22. The van der Waals surface area contributed by atoms with Crippen LogP contribution >= 0.6 is 0 Å². The molecule has 2 fully saturated rings. The summed E-state index contributed by atoms with van der Waals surface area (Å²) < 4.78 is 55.9. The highest BCUT2D eigenvalue weighted by Gasteiger charge is 2.38. The monoisotopic (exact) mass is 357 g/mol. The van der Waals surface area contributed by atoms with E-state index < -0.39 is 17.5 Å². The van der Waals surface area contributed by atoms with Crippen LogP contribution in [0.1, 0.15) is 5.69 Å². The van der Waals surface area contributed by atoms with E-state index >= 15 is 0 Å². The smallest absolute Gasteiger partial charge is 0.240 e. The van der Waals surface area contributed by atoms with Crippen molar-refractivity contribution >= 4 is 0 Å². The molecule has 1 aromatic carbocycles. The Labute approximate surface area is 140 Å². The number of halogens is 3. The predicted octanol–water partition coefficient (Wildman–Crippen LogP) is 0.992. The molecule has 4 rings (SSSR count). The highest BCUT2D eigenvalue weighted by molar-refractivity contribution is 5.58. The van der Waals surface area contributed by atoms with Gasteiger partial charge in [0.1, 0.15) is 0 Å². The normalized spacial score (nSPS) is 23.8. The standard InChI is InChI=1S/C15H14F3N3O4/c16-9-3-8(4-10(17)14(9)18)15-11(19-25-21(15)22)5-20-6-12-13(7-20)24-2-1-23-12/h3-4,12-13H,1-2,5-7H2/t12-,13+. The topological polar surface area (TPSA) is 74.7 Å². The Kier molecular flexibility index (Phi) is 4.10. The van der Waals surface area contributed by atoms with Crippen LogP contribution in [-0.4, -0.2) is 48.6 Å². The molecule has 0 bridgehead atoms. The van der Waals surface area contributed by atoms with Crippen molar-refractivity contribution in [1.82, 2.24) is 10.1 Å². The second-order valence-electron chi connectivity index (χ2n) is 5.99. The van der Waals surface area contributed by atoms with Crippen LogP contribution in [0, 0.1) is 22.7 Å². The average molecular weight is 357 g/mol. The first-order valence-electron chi connectivity index (χ1n) is 7.72. The van der Waals surface area contributed by atoms with Gasteiger partial charge in [-0.15, -0.1) is 0 Å². The van der Waals surface area contributed by atoms with Crippen molar-refractivity contribution in [1.29, 1.82) is 0 Å². The summed E-state index contributed by atoms with van der Waals surface area (Å²) in [4.78, 5) is 2.00. The zero-order chi connectivity index (χ0) is 17.6. The lowest BCUT2D eigenvalue weighted by atomic mass is 10.1. The molecule has 0 unspecified atom stereocenters. The molecule has 0 amide bonds. The number of rotatable bonds is 3. The number of nitrogens with zero attached hydrogens (tertiary/aromatic N) is 3. The first-order valence-corrected chi connectivity index (χ1v) is 7.72. The Balaban J connectivity index is 1.60. The van der Waals surface area contributed by atoms with Gasteiger partial charge in [-0.1, -0.05) is 0 Å². The summed E-state index contributed by atoms with van der Waals surface area (Å²) in [6.45, 7) is 2.40. The molecule has 0 saturated carbocycles. The van der Waals surface area contributed by atoms with Crippen molar-refractivity contribution < 1.29 is 32.2 Å². The minimum Gasteiger partial charge on any atom is -0.372 e. The Morgan fingerprint density at radius 2 is 1.72 bits per heavy atom. The molecular weight excluding hydrogens is 343 g/mol. The van der Waals surface area contributed by atoms with Crippen LogP contribution in [0.3, 0.4) is 0 Å². The van der Waals surface area contributed by atoms with Crippen molar-refractivity contribution in [3.63, 3.8) is 0 Å². The molecule has 7 nitrogen and oxygen atoms in total. The molecule has 0 spiro atoms. The third kappa shape index (κ3) is 2.96. The molecule has 25 heavy (non-hydrogen) atoms. The predicted molar refractivity (Wildman–Crippen MR) is 75.5 cm³/mol. The molecule has 0 aliphatic carbocycles. The SMILES string of the molecule is [O-][n+]1onc(CN2C[C@@H]3OCCO[C@@H]3C2)c1-c1cc(F)c(F)c(F)c1. The first kappa shape index (κ1) is 16.3. The van der Waals surface area contributed by atoms with E-state index in [9.17, 15) is 18.4 Å². The first-order chi connectivity index (χ1) is 12.0. The van der Waals surface area contributed by atoms with Crippen LogP contribution in [0.15, 0.2) is 16.8 Å². The van der Waals surface area contributed by atoms with E-state index in [1.54, 1.807) is 0 Å². The van der Waals surface area contributed by atoms with E-state index in [-0.39, 0.29) is 40.6 Å². The van der Waals surface area contributed by atoms with E-state index in [4.69, 9.17) is 9.47 Å². The van der Waals surface area contributed by atoms with Crippen molar-refractivity contribution in [3.8, 4) is 11.3 Å².